The molecule has 256 valence electrons. The summed E-state index contributed by atoms with van der Waals surface area (Å²) in [4.78, 5) is 15.0. The second-order valence-corrected chi connectivity index (χ2v) is 14.6. The van der Waals surface area contributed by atoms with Gasteiger partial charge in [-0.15, -0.1) is 0 Å². The zero-order chi connectivity index (χ0) is 35.6. The third-order valence-corrected chi connectivity index (χ3v) is 11.6. The average Bonchev–Trinajstić information content (AvgIpc) is 3.54. The lowest BCUT2D eigenvalue weighted by Gasteiger charge is -2.45. The van der Waals surface area contributed by atoms with Gasteiger partial charge in [0.15, 0.2) is 17.5 Å². The van der Waals surface area contributed by atoms with Crippen LogP contribution in [0.1, 0.15) is 36.0 Å². The van der Waals surface area contributed by atoms with E-state index in [1.807, 2.05) is 30.3 Å². The molecule has 0 saturated carbocycles. The van der Waals surface area contributed by atoms with Crippen molar-refractivity contribution >= 4 is 10.8 Å². The van der Waals surface area contributed by atoms with Gasteiger partial charge < -0.3 is 4.74 Å². The Labute approximate surface area is 314 Å². The van der Waals surface area contributed by atoms with Crippen molar-refractivity contribution in [2.75, 3.05) is 0 Å². The molecule has 1 atom stereocenters. The summed E-state index contributed by atoms with van der Waals surface area (Å²) in [5.74, 6) is 2.92. The summed E-state index contributed by atoms with van der Waals surface area (Å²) in [6.07, 6.45) is 5.75. The maximum atomic E-state index is 6.95. The Hall–Kier alpha value is -6.65. The van der Waals surface area contributed by atoms with Gasteiger partial charge in [-0.25, -0.2) is 15.0 Å². The highest BCUT2D eigenvalue weighted by atomic mass is 16.5. The molecule has 3 aliphatic rings. The molecular formula is C50H35N3O. The van der Waals surface area contributed by atoms with Gasteiger partial charge in [0.2, 0.25) is 0 Å². The van der Waals surface area contributed by atoms with Crippen LogP contribution in [0.15, 0.2) is 175 Å². The van der Waals surface area contributed by atoms with Crippen molar-refractivity contribution < 1.29 is 4.74 Å². The topological polar surface area (TPSA) is 47.9 Å². The van der Waals surface area contributed by atoms with Crippen LogP contribution >= 0.6 is 0 Å². The van der Waals surface area contributed by atoms with E-state index in [1.54, 1.807) is 0 Å². The van der Waals surface area contributed by atoms with Crippen LogP contribution < -0.4 is 4.74 Å². The van der Waals surface area contributed by atoms with Gasteiger partial charge in [-0.1, -0.05) is 158 Å². The van der Waals surface area contributed by atoms with E-state index < -0.39 is 0 Å². The number of rotatable bonds is 4. The first-order chi connectivity index (χ1) is 26.7. The van der Waals surface area contributed by atoms with E-state index in [4.69, 9.17) is 19.7 Å². The lowest BCUT2D eigenvalue weighted by molar-refractivity contribution is 0.185. The average molecular weight is 694 g/mol. The van der Waals surface area contributed by atoms with Gasteiger partial charge in [-0.3, -0.25) is 0 Å². The van der Waals surface area contributed by atoms with Crippen molar-refractivity contribution in [3.05, 3.63) is 192 Å². The molecule has 11 rings (SSSR count). The van der Waals surface area contributed by atoms with Gasteiger partial charge in [0, 0.05) is 22.3 Å². The molecule has 1 spiro atoms. The molecule has 0 saturated heterocycles. The molecule has 1 aliphatic heterocycles. The lowest BCUT2D eigenvalue weighted by Crippen LogP contribution is -2.43. The maximum Gasteiger partial charge on any atom is 0.164 e. The van der Waals surface area contributed by atoms with Gasteiger partial charge in [0.1, 0.15) is 11.9 Å². The quantitative estimate of drug-likeness (QED) is 0.172. The molecule has 0 fully saturated rings. The zero-order valence-corrected chi connectivity index (χ0v) is 29.6. The van der Waals surface area contributed by atoms with E-state index in [2.05, 4.69) is 140 Å². The maximum absolute atomic E-state index is 6.95. The predicted molar refractivity (Wildman–Crippen MR) is 217 cm³/mol. The molecule has 2 heterocycles. The predicted octanol–water partition coefficient (Wildman–Crippen LogP) is 11.9. The first-order valence-corrected chi connectivity index (χ1v) is 18.9. The standard InChI is InChI=1S/C50H35N3O/c1-2-13-34(14-3-1)47-51-48(53-49(52-47)38-27-24-32-12-4-5-15-36(32)30-38)35-25-22-33(23-26-35)37-28-29-44-46(31-37)54-45-21-11-10-20-43(45)50(44)41-18-8-6-16-39(41)40-17-7-9-19-42(40)50/h1-9,12-20,22-31,45H,10-11,21H2. The third kappa shape index (κ3) is 4.73. The van der Waals surface area contributed by atoms with Crippen LogP contribution in [0.4, 0.5) is 0 Å². The van der Waals surface area contributed by atoms with Crippen molar-refractivity contribution in [3.63, 3.8) is 0 Å². The summed E-state index contributed by atoms with van der Waals surface area (Å²) in [6.45, 7) is 0. The summed E-state index contributed by atoms with van der Waals surface area (Å²) >= 11 is 0. The van der Waals surface area contributed by atoms with Gasteiger partial charge >= 0.3 is 0 Å². The highest BCUT2D eigenvalue weighted by Gasteiger charge is 2.53. The van der Waals surface area contributed by atoms with Crippen LogP contribution in [0.5, 0.6) is 5.75 Å². The van der Waals surface area contributed by atoms with E-state index >= 15 is 0 Å². The fourth-order valence-electron chi connectivity index (χ4n) is 9.11. The number of hydrogen-bond acceptors (Lipinski definition) is 4. The highest BCUT2D eigenvalue weighted by molar-refractivity contribution is 5.89. The van der Waals surface area contributed by atoms with Crippen molar-refractivity contribution in [1.82, 2.24) is 15.0 Å². The van der Waals surface area contributed by atoms with E-state index in [0.29, 0.717) is 17.5 Å². The SMILES string of the molecule is C1=C2C(CCC1)Oc1cc(-c3ccc(-c4nc(-c5ccccc5)nc(-c5ccc6ccccc6c5)n4)cc3)ccc1C21c2ccccc2-c2ccccc21. The minimum Gasteiger partial charge on any atom is -0.486 e. The third-order valence-electron chi connectivity index (χ3n) is 11.6. The molecule has 8 aromatic rings. The molecule has 0 bridgehead atoms. The number of hydrogen-bond donors (Lipinski definition) is 0. The summed E-state index contributed by atoms with van der Waals surface area (Å²) in [7, 11) is 0. The smallest absolute Gasteiger partial charge is 0.164 e. The van der Waals surface area contributed by atoms with Crippen LogP contribution in [0, 0.1) is 0 Å². The first-order valence-electron chi connectivity index (χ1n) is 18.9. The van der Waals surface area contributed by atoms with Gasteiger partial charge in [-0.2, -0.15) is 0 Å². The van der Waals surface area contributed by atoms with Gasteiger partial charge in [-0.05, 0) is 81.1 Å². The zero-order valence-electron chi connectivity index (χ0n) is 29.6. The fourth-order valence-corrected chi connectivity index (χ4v) is 9.11. The van der Waals surface area contributed by atoms with Crippen molar-refractivity contribution in [1.29, 1.82) is 0 Å². The molecule has 4 heteroatoms. The largest absolute Gasteiger partial charge is 0.486 e. The second kappa shape index (κ2) is 12.2. The Morgan fingerprint density at radius 2 is 1.04 bits per heavy atom. The molecule has 7 aromatic carbocycles. The molecule has 1 aromatic heterocycles. The van der Waals surface area contributed by atoms with Crippen LogP contribution in [-0.4, -0.2) is 21.1 Å². The summed E-state index contributed by atoms with van der Waals surface area (Å²) < 4.78 is 6.95. The minimum atomic E-state index is -0.355. The van der Waals surface area contributed by atoms with E-state index in [-0.39, 0.29) is 11.5 Å². The molecule has 0 amide bonds. The van der Waals surface area contributed by atoms with E-state index in [1.165, 1.54) is 38.8 Å². The Balaban J connectivity index is 1.00. The highest BCUT2D eigenvalue weighted by Crippen LogP contribution is 2.62. The minimum absolute atomic E-state index is 0.0440. The van der Waals surface area contributed by atoms with Crippen molar-refractivity contribution in [2.24, 2.45) is 0 Å². The van der Waals surface area contributed by atoms with Crippen LogP contribution in [0.2, 0.25) is 0 Å². The van der Waals surface area contributed by atoms with E-state index in [0.717, 1.165) is 58.2 Å². The normalized spacial score (nSPS) is 16.1. The molecular weight excluding hydrogens is 659 g/mol. The van der Waals surface area contributed by atoms with Crippen molar-refractivity contribution in [2.45, 2.75) is 30.8 Å². The number of allylic oxidation sites excluding steroid dienone is 1. The number of benzene rings is 7. The first kappa shape index (κ1) is 30.9. The number of aromatic nitrogens is 3. The Bertz CT molecular complexity index is 2740. The molecule has 0 radical (unpaired) electrons. The number of nitrogens with zero attached hydrogens (tertiary/aromatic N) is 3. The lowest BCUT2D eigenvalue weighted by atomic mass is 9.62. The Morgan fingerprint density at radius 1 is 0.463 bits per heavy atom. The Morgan fingerprint density at radius 3 is 1.78 bits per heavy atom. The Kier molecular flexibility index (Phi) is 6.99. The van der Waals surface area contributed by atoms with Crippen LogP contribution in [0.25, 0.3) is 67.2 Å². The summed E-state index contributed by atoms with van der Waals surface area (Å²) in [5.41, 5.74) is 12.7. The molecule has 2 aliphatic carbocycles. The van der Waals surface area contributed by atoms with Crippen molar-refractivity contribution in [3.8, 4) is 62.2 Å². The number of fused-ring (bicyclic) bond motifs is 10. The molecule has 1 unspecified atom stereocenters. The van der Waals surface area contributed by atoms with Crippen LogP contribution in [0.3, 0.4) is 0 Å². The van der Waals surface area contributed by atoms with Gasteiger partial charge in [0.25, 0.3) is 0 Å². The van der Waals surface area contributed by atoms with Crippen LogP contribution in [-0.2, 0) is 5.41 Å². The molecule has 54 heavy (non-hydrogen) atoms. The monoisotopic (exact) mass is 693 g/mol. The van der Waals surface area contributed by atoms with E-state index in [9.17, 15) is 0 Å². The fraction of sp³-hybridized carbons (Fsp3) is 0.100. The molecule has 4 nitrogen and oxygen atoms in total. The summed E-state index contributed by atoms with van der Waals surface area (Å²) in [6, 6.07) is 58.3. The van der Waals surface area contributed by atoms with Gasteiger partial charge in [0.05, 0.1) is 5.41 Å². The second-order valence-electron chi connectivity index (χ2n) is 14.6. The molecule has 0 N–H and O–H groups in total. The summed E-state index contributed by atoms with van der Waals surface area (Å²) in [5, 5.41) is 2.34. The number of ether oxygens (including phenoxy) is 1.